The topological polar surface area (TPSA) is 74.6 Å². The van der Waals surface area contributed by atoms with Gasteiger partial charge in [-0.25, -0.2) is 0 Å². The van der Waals surface area contributed by atoms with E-state index >= 15 is 0 Å². The lowest BCUT2D eigenvalue weighted by molar-refractivity contribution is -0.164. The van der Waals surface area contributed by atoms with E-state index in [9.17, 15) is 19.8 Å². The lowest BCUT2D eigenvalue weighted by Crippen LogP contribution is -2.58. The zero-order valence-corrected chi connectivity index (χ0v) is 16.2. The van der Waals surface area contributed by atoms with Crippen molar-refractivity contribution < 1.29 is 19.8 Å². The summed E-state index contributed by atoms with van der Waals surface area (Å²) in [4.78, 5) is 24.3. The molecule has 0 aromatic rings. The van der Waals surface area contributed by atoms with Crippen LogP contribution in [0.2, 0.25) is 0 Å². The summed E-state index contributed by atoms with van der Waals surface area (Å²) in [6.07, 6.45) is 8.17. The normalized spacial score (nSPS) is 47.6. The number of aliphatic hydroxyl groups is 2. The molecule has 0 amide bonds. The van der Waals surface area contributed by atoms with E-state index in [0.717, 1.165) is 38.5 Å². The van der Waals surface area contributed by atoms with Crippen LogP contribution in [0.1, 0.15) is 58.3 Å². The third-order valence-corrected chi connectivity index (χ3v) is 9.16. The summed E-state index contributed by atoms with van der Waals surface area (Å²) in [5.41, 5.74) is -0.702. The average Bonchev–Trinajstić information content (AvgIpc) is 2.93. The Morgan fingerprint density at radius 2 is 1.92 bits per heavy atom. The van der Waals surface area contributed by atoms with Gasteiger partial charge in [0.1, 0.15) is 12.2 Å². The van der Waals surface area contributed by atoms with Gasteiger partial charge in [-0.3, -0.25) is 9.59 Å². The molecule has 6 atom stereocenters. The van der Waals surface area contributed by atoms with Gasteiger partial charge in [-0.05, 0) is 68.8 Å². The minimum absolute atomic E-state index is 0.0819. The molecule has 6 unspecified atom stereocenters. The molecule has 0 spiro atoms. The van der Waals surface area contributed by atoms with Crippen molar-refractivity contribution in [3.8, 4) is 0 Å². The standard InChI is InChI=1S/C21H29ClO4/c1-19-7-5-17-15(16(19)6-9-21(19,26)18(25)11-23)3-2-13-10-14(24)4-8-20(13,17)12-22/h10,15-17,23,26H,2-9,11-12H2,1H3. The van der Waals surface area contributed by atoms with Crippen molar-refractivity contribution in [2.75, 3.05) is 12.5 Å². The zero-order chi connectivity index (χ0) is 18.7. The highest BCUT2D eigenvalue weighted by atomic mass is 35.5. The van der Waals surface area contributed by atoms with Gasteiger partial charge in [-0.15, -0.1) is 11.6 Å². The van der Waals surface area contributed by atoms with Crippen molar-refractivity contribution in [3.05, 3.63) is 11.6 Å². The number of fused-ring (bicyclic) bond motifs is 5. The highest BCUT2D eigenvalue weighted by Crippen LogP contribution is 2.67. The second-order valence-electron chi connectivity index (χ2n) is 9.28. The second kappa shape index (κ2) is 6.15. The van der Waals surface area contributed by atoms with Gasteiger partial charge in [-0.1, -0.05) is 12.5 Å². The van der Waals surface area contributed by atoms with Crippen LogP contribution in [0.5, 0.6) is 0 Å². The van der Waals surface area contributed by atoms with E-state index < -0.39 is 23.4 Å². The number of hydrogen-bond donors (Lipinski definition) is 2. The number of rotatable bonds is 3. The molecule has 0 aromatic heterocycles. The van der Waals surface area contributed by atoms with Crippen molar-refractivity contribution in [2.24, 2.45) is 28.6 Å². The Labute approximate surface area is 160 Å². The Kier molecular flexibility index (Phi) is 4.41. The molecule has 4 aliphatic carbocycles. The van der Waals surface area contributed by atoms with Crippen LogP contribution in [-0.4, -0.2) is 39.9 Å². The van der Waals surface area contributed by atoms with E-state index in [4.69, 9.17) is 11.6 Å². The van der Waals surface area contributed by atoms with E-state index in [-0.39, 0.29) is 17.1 Å². The molecule has 4 rings (SSSR count). The molecule has 0 heterocycles. The van der Waals surface area contributed by atoms with Crippen LogP contribution in [0.25, 0.3) is 0 Å². The van der Waals surface area contributed by atoms with Crippen molar-refractivity contribution >= 4 is 23.2 Å². The zero-order valence-electron chi connectivity index (χ0n) is 15.5. The lowest BCUT2D eigenvalue weighted by atomic mass is 9.46. The molecule has 3 saturated carbocycles. The monoisotopic (exact) mass is 380 g/mol. The molecule has 0 bridgehead atoms. The third kappa shape index (κ3) is 2.21. The molecular formula is C21H29ClO4. The number of aliphatic hydroxyl groups excluding tert-OH is 1. The van der Waals surface area contributed by atoms with E-state index in [1.165, 1.54) is 5.57 Å². The molecular weight excluding hydrogens is 352 g/mol. The summed E-state index contributed by atoms with van der Waals surface area (Å²) < 4.78 is 0. The van der Waals surface area contributed by atoms with E-state index in [1.807, 2.05) is 6.08 Å². The summed E-state index contributed by atoms with van der Waals surface area (Å²) in [5.74, 6) is 1.49. The number of ketones is 2. The number of halogens is 1. The second-order valence-corrected chi connectivity index (χ2v) is 9.54. The first-order valence-electron chi connectivity index (χ1n) is 9.99. The molecule has 0 radical (unpaired) electrons. The molecule has 2 N–H and O–H groups in total. The largest absolute Gasteiger partial charge is 0.388 e. The maximum atomic E-state index is 12.4. The molecule has 4 nitrogen and oxygen atoms in total. The molecule has 0 aliphatic heterocycles. The lowest BCUT2D eigenvalue weighted by Gasteiger charge is -2.59. The first-order chi connectivity index (χ1) is 12.3. The van der Waals surface area contributed by atoms with Gasteiger partial charge < -0.3 is 10.2 Å². The van der Waals surface area contributed by atoms with Crippen LogP contribution in [0, 0.1) is 28.6 Å². The van der Waals surface area contributed by atoms with Gasteiger partial charge in [0.15, 0.2) is 11.6 Å². The predicted octanol–water partition coefficient (Wildman–Crippen LogP) is 3.03. The molecule has 0 saturated heterocycles. The van der Waals surface area contributed by atoms with Crippen molar-refractivity contribution in [3.63, 3.8) is 0 Å². The number of hydrogen-bond acceptors (Lipinski definition) is 4. The van der Waals surface area contributed by atoms with Gasteiger partial charge in [0, 0.05) is 23.1 Å². The highest BCUT2D eigenvalue weighted by molar-refractivity contribution is 6.18. The van der Waals surface area contributed by atoms with E-state index in [0.29, 0.717) is 30.6 Å². The van der Waals surface area contributed by atoms with Crippen LogP contribution < -0.4 is 0 Å². The Hall–Kier alpha value is -0.710. The van der Waals surface area contributed by atoms with Crippen LogP contribution in [0.4, 0.5) is 0 Å². The van der Waals surface area contributed by atoms with Gasteiger partial charge in [-0.2, -0.15) is 0 Å². The van der Waals surface area contributed by atoms with E-state index in [1.54, 1.807) is 0 Å². The smallest absolute Gasteiger partial charge is 0.190 e. The number of carbonyl (C=O) groups excluding carboxylic acids is 2. The van der Waals surface area contributed by atoms with Crippen molar-refractivity contribution in [1.29, 1.82) is 0 Å². The van der Waals surface area contributed by atoms with Gasteiger partial charge in [0.05, 0.1) is 0 Å². The van der Waals surface area contributed by atoms with Gasteiger partial charge in [0.25, 0.3) is 0 Å². The van der Waals surface area contributed by atoms with Crippen LogP contribution in [-0.2, 0) is 9.59 Å². The number of carbonyl (C=O) groups is 2. The van der Waals surface area contributed by atoms with Crippen molar-refractivity contribution in [2.45, 2.75) is 63.9 Å². The number of Topliss-reactive ketones (excluding diaryl/α,β-unsaturated/α-hetero) is 1. The Morgan fingerprint density at radius 3 is 2.62 bits per heavy atom. The fraction of sp³-hybridized carbons (Fsp3) is 0.810. The minimum atomic E-state index is -1.40. The summed E-state index contributed by atoms with van der Waals surface area (Å²) in [6, 6.07) is 0. The molecule has 4 aliphatic rings. The van der Waals surface area contributed by atoms with Gasteiger partial charge in [0.2, 0.25) is 0 Å². The number of allylic oxidation sites excluding steroid dienone is 1. The number of alkyl halides is 1. The summed E-state index contributed by atoms with van der Waals surface area (Å²) >= 11 is 6.53. The molecule has 144 valence electrons. The fourth-order valence-corrected chi connectivity index (χ4v) is 7.72. The first kappa shape index (κ1) is 18.6. The first-order valence-corrected chi connectivity index (χ1v) is 10.5. The average molecular weight is 381 g/mol. The van der Waals surface area contributed by atoms with Crippen molar-refractivity contribution in [1.82, 2.24) is 0 Å². The predicted molar refractivity (Wildman–Crippen MR) is 98.8 cm³/mol. The SMILES string of the molecule is CC12CCC3C(CCC4=CC(=O)CCC43CCl)C1CCC2(O)C(=O)CO. The molecule has 0 aromatic carbocycles. The maximum Gasteiger partial charge on any atom is 0.190 e. The minimum Gasteiger partial charge on any atom is -0.388 e. The molecule has 26 heavy (non-hydrogen) atoms. The Morgan fingerprint density at radius 1 is 1.19 bits per heavy atom. The Balaban J connectivity index is 1.70. The maximum absolute atomic E-state index is 12.4. The van der Waals surface area contributed by atoms with E-state index in [2.05, 4.69) is 6.92 Å². The fourth-order valence-electron chi connectivity index (χ4n) is 7.22. The van der Waals surface area contributed by atoms with Crippen LogP contribution in [0.15, 0.2) is 11.6 Å². The highest BCUT2D eigenvalue weighted by Gasteiger charge is 2.66. The molecule has 3 fully saturated rings. The third-order valence-electron chi connectivity index (χ3n) is 8.68. The van der Waals surface area contributed by atoms with Crippen LogP contribution >= 0.6 is 11.6 Å². The van der Waals surface area contributed by atoms with Crippen LogP contribution in [0.3, 0.4) is 0 Å². The summed E-state index contributed by atoms with van der Waals surface area (Å²) in [7, 11) is 0. The molecule has 5 heteroatoms. The Bertz CT molecular complexity index is 673. The summed E-state index contributed by atoms with van der Waals surface area (Å²) in [5, 5.41) is 20.6. The quantitative estimate of drug-likeness (QED) is 0.738. The summed E-state index contributed by atoms with van der Waals surface area (Å²) in [6.45, 7) is 1.46. The van der Waals surface area contributed by atoms with Gasteiger partial charge >= 0.3 is 0 Å².